The Labute approximate surface area is 198 Å². The fourth-order valence-corrected chi connectivity index (χ4v) is 3.99. The van der Waals surface area contributed by atoms with Gasteiger partial charge in [0.2, 0.25) is 0 Å². The van der Waals surface area contributed by atoms with Crippen LogP contribution in [-0.4, -0.2) is 49.6 Å². The summed E-state index contributed by atoms with van der Waals surface area (Å²) < 4.78 is 11.6. The lowest BCUT2D eigenvalue weighted by molar-refractivity contribution is 0.00859. The minimum atomic E-state index is -0.615. The highest BCUT2D eigenvalue weighted by Gasteiger charge is 2.29. The number of hydrogen-bond acceptors (Lipinski definition) is 4. The number of nitrogens with one attached hydrogen (secondary N) is 2. The van der Waals surface area contributed by atoms with Crippen LogP contribution in [0, 0.1) is 12.8 Å². The van der Waals surface area contributed by atoms with Gasteiger partial charge in [0.15, 0.2) is 5.96 Å². The Kier molecular flexibility index (Phi) is 10.7. The van der Waals surface area contributed by atoms with Gasteiger partial charge in [-0.05, 0) is 44.7 Å². The number of aliphatic imine (C=N–C) groups is 1. The molecule has 1 heterocycles. The van der Waals surface area contributed by atoms with Crippen molar-refractivity contribution in [2.45, 2.75) is 64.5 Å². The van der Waals surface area contributed by atoms with Crippen molar-refractivity contribution in [2.75, 3.05) is 32.9 Å². The summed E-state index contributed by atoms with van der Waals surface area (Å²) >= 11 is 0. The van der Waals surface area contributed by atoms with E-state index in [0.717, 1.165) is 69.1 Å². The molecular formula is C23H38IN3O3. The minimum absolute atomic E-state index is 0. The molecule has 0 aromatic heterocycles. The number of nitrogens with zero attached hydrogens (tertiary/aromatic N) is 1. The van der Waals surface area contributed by atoms with E-state index in [4.69, 9.17) is 14.5 Å². The van der Waals surface area contributed by atoms with Crippen molar-refractivity contribution in [1.82, 2.24) is 10.6 Å². The van der Waals surface area contributed by atoms with Crippen molar-refractivity contribution in [3.05, 3.63) is 29.3 Å². The van der Waals surface area contributed by atoms with Gasteiger partial charge < -0.3 is 25.2 Å². The van der Waals surface area contributed by atoms with Gasteiger partial charge >= 0.3 is 0 Å². The van der Waals surface area contributed by atoms with Gasteiger partial charge in [0.05, 0.1) is 25.4 Å². The lowest BCUT2D eigenvalue weighted by Gasteiger charge is -2.32. The topological polar surface area (TPSA) is 75.1 Å². The first-order valence-corrected chi connectivity index (χ1v) is 11.1. The Hall–Kier alpha value is -1.06. The molecule has 1 aliphatic heterocycles. The van der Waals surface area contributed by atoms with E-state index in [2.05, 4.69) is 42.7 Å². The Morgan fingerprint density at radius 2 is 2.07 bits per heavy atom. The van der Waals surface area contributed by atoms with Crippen LogP contribution < -0.4 is 15.4 Å². The normalized spacial score (nSPS) is 21.0. The molecule has 30 heavy (non-hydrogen) atoms. The van der Waals surface area contributed by atoms with Crippen LogP contribution in [0.15, 0.2) is 23.2 Å². The Morgan fingerprint density at radius 3 is 2.77 bits per heavy atom. The first kappa shape index (κ1) is 25.2. The summed E-state index contributed by atoms with van der Waals surface area (Å²) in [5.41, 5.74) is 1.64. The molecule has 1 aromatic carbocycles. The highest BCUT2D eigenvalue weighted by molar-refractivity contribution is 14.0. The van der Waals surface area contributed by atoms with E-state index < -0.39 is 5.60 Å². The summed E-state index contributed by atoms with van der Waals surface area (Å²) in [7, 11) is 0. The van der Waals surface area contributed by atoms with Crippen molar-refractivity contribution in [2.24, 2.45) is 10.9 Å². The van der Waals surface area contributed by atoms with Gasteiger partial charge in [-0.1, -0.05) is 31.4 Å². The van der Waals surface area contributed by atoms with Gasteiger partial charge in [-0.3, -0.25) is 0 Å². The average Bonchev–Trinajstić information content (AvgIpc) is 3.24. The monoisotopic (exact) mass is 531 g/mol. The second-order valence-electron chi connectivity index (χ2n) is 8.49. The fraction of sp³-hybridized carbons (Fsp3) is 0.696. The third-order valence-electron chi connectivity index (χ3n) is 5.84. The maximum atomic E-state index is 10.7. The molecule has 1 aromatic rings. The van der Waals surface area contributed by atoms with Crippen LogP contribution in [-0.2, 0) is 11.3 Å². The SMILES string of the molecule is CCNC(=NCc1ccc(C)cc1OCC1CCOC1)NCC1(O)CCCCC1.I. The Morgan fingerprint density at radius 1 is 1.27 bits per heavy atom. The molecule has 2 fully saturated rings. The van der Waals surface area contributed by atoms with Gasteiger partial charge in [0, 0.05) is 31.2 Å². The van der Waals surface area contributed by atoms with Crippen molar-refractivity contribution >= 4 is 29.9 Å². The third-order valence-corrected chi connectivity index (χ3v) is 5.84. The molecule has 0 spiro atoms. The van der Waals surface area contributed by atoms with E-state index >= 15 is 0 Å². The zero-order valence-corrected chi connectivity index (χ0v) is 20.7. The van der Waals surface area contributed by atoms with Crippen LogP contribution in [0.1, 0.15) is 56.6 Å². The predicted molar refractivity (Wildman–Crippen MR) is 132 cm³/mol. The molecule has 0 amide bonds. The molecule has 0 radical (unpaired) electrons. The summed E-state index contributed by atoms with van der Waals surface area (Å²) in [5, 5.41) is 17.4. The first-order chi connectivity index (χ1) is 14.1. The molecule has 2 aliphatic rings. The second-order valence-corrected chi connectivity index (χ2v) is 8.49. The van der Waals surface area contributed by atoms with Crippen molar-refractivity contribution < 1.29 is 14.6 Å². The zero-order valence-electron chi connectivity index (χ0n) is 18.4. The minimum Gasteiger partial charge on any atom is -0.493 e. The van der Waals surface area contributed by atoms with Crippen molar-refractivity contribution in [3.63, 3.8) is 0 Å². The lowest BCUT2D eigenvalue weighted by atomic mass is 9.85. The maximum absolute atomic E-state index is 10.7. The smallest absolute Gasteiger partial charge is 0.191 e. The van der Waals surface area contributed by atoms with E-state index in [-0.39, 0.29) is 24.0 Å². The lowest BCUT2D eigenvalue weighted by Crippen LogP contribution is -2.48. The molecule has 1 atom stereocenters. The standard InChI is InChI=1S/C23H37N3O3.HI/c1-3-24-22(26-17-23(27)10-5-4-6-11-23)25-14-20-8-7-18(2)13-21(20)29-16-19-9-12-28-15-19;/h7-8,13,19,27H,3-6,9-12,14-17H2,1-2H3,(H2,24,25,26);1H. The first-order valence-electron chi connectivity index (χ1n) is 11.1. The molecule has 3 N–H and O–H groups in total. The van der Waals surface area contributed by atoms with Gasteiger partial charge in [-0.2, -0.15) is 0 Å². The number of rotatable bonds is 8. The van der Waals surface area contributed by atoms with Gasteiger partial charge in [-0.25, -0.2) is 4.99 Å². The summed E-state index contributed by atoms with van der Waals surface area (Å²) in [6.45, 7) is 8.29. The summed E-state index contributed by atoms with van der Waals surface area (Å²) in [6, 6.07) is 6.28. The molecule has 6 nitrogen and oxygen atoms in total. The van der Waals surface area contributed by atoms with Gasteiger partial charge in [0.25, 0.3) is 0 Å². The number of hydrogen-bond donors (Lipinski definition) is 3. The molecule has 0 bridgehead atoms. The molecule has 1 aliphatic carbocycles. The van der Waals surface area contributed by atoms with E-state index in [1.165, 1.54) is 12.0 Å². The molecule has 1 unspecified atom stereocenters. The predicted octanol–water partition coefficient (Wildman–Crippen LogP) is 3.78. The van der Waals surface area contributed by atoms with Crippen LogP contribution >= 0.6 is 24.0 Å². The maximum Gasteiger partial charge on any atom is 0.191 e. The van der Waals surface area contributed by atoms with E-state index in [9.17, 15) is 5.11 Å². The van der Waals surface area contributed by atoms with Gasteiger partial charge in [0.1, 0.15) is 5.75 Å². The van der Waals surface area contributed by atoms with Crippen LogP contribution in [0.5, 0.6) is 5.75 Å². The van der Waals surface area contributed by atoms with Gasteiger partial charge in [-0.15, -0.1) is 24.0 Å². The molecule has 7 heteroatoms. The number of benzene rings is 1. The number of ether oxygens (including phenoxy) is 2. The van der Waals surface area contributed by atoms with Crippen LogP contribution in [0.25, 0.3) is 0 Å². The number of aryl methyl sites for hydroxylation is 1. The largest absolute Gasteiger partial charge is 0.493 e. The summed E-state index contributed by atoms with van der Waals surface area (Å²) in [5.74, 6) is 2.12. The third kappa shape index (κ3) is 7.89. The molecule has 3 rings (SSSR count). The molecule has 170 valence electrons. The summed E-state index contributed by atoms with van der Waals surface area (Å²) in [4.78, 5) is 4.75. The molecule has 1 saturated heterocycles. The molecule has 1 saturated carbocycles. The Bertz CT molecular complexity index is 672. The van der Waals surface area contributed by atoms with E-state index in [0.29, 0.717) is 25.6 Å². The quantitative estimate of drug-likeness (QED) is 0.271. The molecular weight excluding hydrogens is 493 g/mol. The fourth-order valence-electron chi connectivity index (χ4n) is 3.99. The van der Waals surface area contributed by atoms with E-state index in [1.807, 2.05) is 0 Å². The average molecular weight is 531 g/mol. The van der Waals surface area contributed by atoms with Crippen molar-refractivity contribution in [1.29, 1.82) is 0 Å². The highest BCUT2D eigenvalue weighted by atomic mass is 127. The number of halogens is 1. The Balaban J connectivity index is 0.00000320. The van der Waals surface area contributed by atoms with Crippen LogP contribution in [0.4, 0.5) is 0 Å². The zero-order chi connectivity index (χ0) is 20.5. The van der Waals surface area contributed by atoms with Crippen molar-refractivity contribution in [3.8, 4) is 5.75 Å². The second kappa shape index (κ2) is 12.7. The highest BCUT2D eigenvalue weighted by Crippen LogP contribution is 2.27. The van der Waals surface area contributed by atoms with E-state index in [1.54, 1.807) is 0 Å². The van der Waals surface area contributed by atoms with Crippen LogP contribution in [0.3, 0.4) is 0 Å². The van der Waals surface area contributed by atoms with Crippen LogP contribution in [0.2, 0.25) is 0 Å². The number of guanidine groups is 1. The summed E-state index contributed by atoms with van der Waals surface area (Å²) in [6.07, 6.45) is 6.21. The number of aliphatic hydroxyl groups is 1.